The first-order chi connectivity index (χ1) is 10.9. The summed E-state index contributed by atoms with van der Waals surface area (Å²) in [6.45, 7) is 7.75. The van der Waals surface area contributed by atoms with E-state index in [2.05, 4.69) is 15.6 Å². The fourth-order valence-electron chi connectivity index (χ4n) is 2.26. The molecule has 0 saturated carbocycles. The van der Waals surface area contributed by atoms with Crippen LogP contribution in [0.1, 0.15) is 22.4 Å². The highest BCUT2D eigenvalue weighted by atomic mass is 32.1. The maximum atomic E-state index is 12.3. The number of thiazole rings is 1. The molecule has 1 heterocycles. The van der Waals surface area contributed by atoms with E-state index < -0.39 is 5.91 Å². The van der Waals surface area contributed by atoms with Gasteiger partial charge in [-0.3, -0.25) is 4.79 Å². The third-order valence-corrected chi connectivity index (χ3v) is 4.13. The Hall–Kier alpha value is -2.65. The number of aromatic nitrogens is 1. The molecule has 2 rings (SSSR count). The standard InChI is InChI=1S/C17H18N4OS/c1-10-5-11(2)15(12(3)6-10)21-16(22)14(7-18)8-19-17-20-13(4)9-23-17/h5-6,8-9H,1-4H3,(H,19,20)(H,21,22)/b14-8-. The predicted octanol–water partition coefficient (Wildman–Crippen LogP) is 3.83. The first kappa shape index (κ1) is 16.7. The van der Waals surface area contributed by atoms with Crippen molar-refractivity contribution in [1.82, 2.24) is 4.98 Å². The van der Waals surface area contributed by atoms with E-state index in [0.29, 0.717) is 5.13 Å². The normalized spacial score (nSPS) is 11.0. The quantitative estimate of drug-likeness (QED) is 0.661. The van der Waals surface area contributed by atoms with E-state index >= 15 is 0 Å². The highest BCUT2D eigenvalue weighted by molar-refractivity contribution is 7.13. The molecule has 0 aliphatic rings. The van der Waals surface area contributed by atoms with Gasteiger partial charge in [-0.1, -0.05) is 17.7 Å². The van der Waals surface area contributed by atoms with Crippen LogP contribution >= 0.6 is 11.3 Å². The molecule has 2 N–H and O–H groups in total. The third-order valence-electron chi connectivity index (χ3n) is 3.24. The first-order valence-electron chi connectivity index (χ1n) is 7.09. The Morgan fingerprint density at radius 2 is 1.91 bits per heavy atom. The van der Waals surface area contributed by atoms with E-state index in [9.17, 15) is 10.1 Å². The van der Waals surface area contributed by atoms with E-state index in [-0.39, 0.29) is 5.57 Å². The molecule has 23 heavy (non-hydrogen) atoms. The van der Waals surface area contributed by atoms with Crippen molar-refractivity contribution in [2.75, 3.05) is 10.6 Å². The zero-order valence-corrected chi connectivity index (χ0v) is 14.3. The Balaban J connectivity index is 2.16. The summed E-state index contributed by atoms with van der Waals surface area (Å²) in [5.74, 6) is -0.441. The van der Waals surface area contributed by atoms with Gasteiger partial charge in [0.2, 0.25) is 0 Å². The molecule has 0 atom stereocenters. The van der Waals surface area contributed by atoms with E-state index in [0.717, 1.165) is 28.1 Å². The largest absolute Gasteiger partial charge is 0.337 e. The van der Waals surface area contributed by atoms with Gasteiger partial charge < -0.3 is 10.6 Å². The number of aryl methyl sites for hydroxylation is 4. The van der Waals surface area contributed by atoms with Crippen LogP contribution in [0, 0.1) is 39.0 Å². The monoisotopic (exact) mass is 326 g/mol. The zero-order valence-electron chi connectivity index (χ0n) is 13.5. The molecule has 1 amide bonds. The van der Waals surface area contributed by atoms with Crippen molar-refractivity contribution in [2.24, 2.45) is 0 Å². The van der Waals surface area contributed by atoms with Crippen molar-refractivity contribution in [3.05, 3.63) is 51.7 Å². The second kappa shape index (κ2) is 7.07. The van der Waals surface area contributed by atoms with Crippen molar-refractivity contribution in [1.29, 1.82) is 5.26 Å². The Kier molecular flexibility index (Phi) is 5.14. The minimum Gasteiger partial charge on any atom is -0.337 e. The number of nitriles is 1. The lowest BCUT2D eigenvalue weighted by Gasteiger charge is -2.12. The van der Waals surface area contributed by atoms with Gasteiger partial charge >= 0.3 is 0 Å². The van der Waals surface area contributed by atoms with Gasteiger partial charge in [0.15, 0.2) is 5.13 Å². The molecule has 5 nitrogen and oxygen atoms in total. The average Bonchev–Trinajstić information content (AvgIpc) is 2.89. The van der Waals surface area contributed by atoms with Gasteiger partial charge in [-0.05, 0) is 38.8 Å². The highest BCUT2D eigenvalue weighted by Crippen LogP contribution is 2.22. The molecule has 1 aromatic heterocycles. The molecule has 6 heteroatoms. The minimum absolute atomic E-state index is 0.00257. The summed E-state index contributed by atoms with van der Waals surface area (Å²) in [6.07, 6.45) is 1.38. The topological polar surface area (TPSA) is 77.8 Å². The Bertz CT molecular complexity index is 791. The molecule has 0 saturated heterocycles. The summed E-state index contributed by atoms with van der Waals surface area (Å²) in [4.78, 5) is 16.5. The molecule has 1 aromatic carbocycles. The Morgan fingerprint density at radius 3 is 2.43 bits per heavy atom. The lowest BCUT2D eigenvalue weighted by molar-refractivity contribution is -0.112. The molecule has 0 fully saturated rings. The van der Waals surface area contributed by atoms with E-state index in [1.807, 2.05) is 51.3 Å². The number of anilines is 2. The molecular formula is C17H18N4OS. The van der Waals surface area contributed by atoms with Crippen molar-refractivity contribution in [3.63, 3.8) is 0 Å². The van der Waals surface area contributed by atoms with Crippen LogP contribution in [0.25, 0.3) is 0 Å². The van der Waals surface area contributed by atoms with Crippen molar-refractivity contribution >= 4 is 28.1 Å². The van der Waals surface area contributed by atoms with Crippen LogP contribution in [-0.2, 0) is 4.79 Å². The van der Waals surface area contributed by atoms with E-state index in [1.165, 1.54) is 17.5 Å². The molecule has 2 aromatic rings. The fraction of sp³-hybridized carbons (Fsp3) is 0.235. The van der Waals surface area contributed by atoms with Crippen LogP contribution in [-0.4, -0.2) is 10.9 Å². The van der Waals surface area contributed by atoms with Gasteiger partial charge in [-0.2, -0.15) is 5.26 Å². The second-order valence-corrected chi connectivity index (χ2v) is 6.19. The van der Waals surface area contributed by atoms with Crippen LogP contribution in [0.3, 0.4) is 0 Å². The summed E-state index contributed by atoms with van der Waals surface area (Å²) in [7, 11) is 0. The SMILES string of the molecule is Cc1cc(C)c(NC(=O)/C(C#N)=C\Nc2nc(C)cs2)c(C)c1. The van der Waals surface area contributed by atoms with Crippen LogP contribution in [0.15, 0.2) is 29.3 Å². The predicted molar refractivity (Wildman–Crippen MR) is 93.5 cm³/mol. The summed E-state index contributed by atoms with van der Waals surface area (Å²) < 4.78 is 0. The minimum atomic E-state index is -0.441. The van der Waals surface area contributed by atoms with Gasteiger partial charge in [-0.25, -0.2) is 4.98 Å². The molecule has 0 aliphatic heterocycles. The second-order valence-electron chi connectivity index (χ2n) is 5.34. The molecule has 0 radical (unpaired) electrons. The summed E-state index contributed by atoms with van der Waals surface area (Å²) in [5, 5.41) is 17.4. The zero-order chi connectivity index (χ0) is 17.0. The Labute approximate surface area is 139 Å². The number of carbonyl (C=O) groups is 1. The lowest BCUT2D eigenvalue weighted by Crippen LogP contribution is -2.16. The molecular weight excluding hydrogens is 308 g/mol. The number of nitrogens with zero attached hydrogens (tertiary/aromatic N) is 2. The molecule has 0 unspecified atom stereocenters. The van der Waals surface area contributed by atoms with E-state index in [4.69, 9.17) is 0 Å². The lowest BCUT2D eigenvalue weighted by atomic mass is 10.0. The first-order valence-corrected chi connectivity index (χ1v) is 7.97. The van der Waals surface area contributed by atoms with Crippen LogP contribution in [0.5, 0.6) is 0 Å². The smallest absolute Gasteiger partial charge is 0.267 e. The van der Waals surface area contributed by atoms with Gasteiger partial charge in [0.1, 0.15) is 11.6 Å². The van der Waals surface area contributed by atoms with Gasteiger partial charge in [-0.15, -0.1) is 11.3 Å². The van der Waals surface area contributed by atoms with Gasteiger partial charge in [0.05, 0.1) is 5.69 Å². The number of hydrogen-bond donors (Lipinski definition) is 2. The molecule has 0 spiro atoms. The molecule has 0 bridgehead atoms. The summed E-state index contributed by atoms with van der Waals surface area (Å²) in [5.41, 5.74) is 4.70. The number of carbonyl (C=O) groups excluding carboxylic acids is 1. The number of benzene rings is 1. The highest BCUT2D eigenvalue weighted by Gasteiger charge is 2.13. The van der Waals surface area contributed by atoms with Crippen LogP contribution in [0.4, 0.5) is 10.8 Å². The van der Waals surface area contributed by atoms with Crippen molar-refractivity contribution < 1.29 is 4.79 Å². The third kappa shape index (κ3) is 4.18. The van der Waals surface area contributed by atoms with Crippen LogP contribution in [0.2, 0.25) is 0 Å². The Morgan fingerprint density at radius 1 is 1.26 bits per heavy atom. The number of amides is 1. The van der Waals surface area contributed by atoms with Crippen molar-refractivity contribution in [3.8, 4) is 6.07 Å². The van der Waals surface area contributed by atoms with Crippen LogP contribution < -0.4 is 10.6 Å². The van der Waals surface area contributed by atoms with Crippen molar-refractivity contribution in [2.45, 2.75) is 27.7 Å². The average molecular weight is 326 g/mol. The molecule has 0 aliphatic carbocycles. The van der Waals surface area contributed by atoms with E-state index in [1.54, 1.807) is 0 Å². The molecule has 118 valence electrons. The number of nitrogens with one attached hydrogen (secondary N) is 2. The maximum Gasteiger partial charge on any atom is 0.267 e. The van der Waals surface area contributed by atoms with Gasteiger partial charge in [0, 0.05) is 17.3 Å². The number of rotatable bonds is 4. The fourth-order valence-corrected chi connectivity index (χ4v) is 2.92. The maximum absolute atomic E-state index is 12.3. The van der Waals surface area contributed by atoms with Gasteiger partial charge in [0.25, 0.3) is 5.91 Å². The summed E-state index contributed by atoms with van der Waals surface area (Å²) in [6, 6.07) is 5.90. The number of hydrogen-bond acceptors (Lipinski definition) is 5. The summed E-state index contributed by atoms with van der Waals surface area (Å²) >= 11 is 1.42.